The molecule has 9 heteroatoms. The number of hydrogen-bond donors (Lipinski definition) is 2. The average molecular weight is 457 g/mol. The van der Waals surface area contributed by atoms with Crippen molar-refractivity contribution in [3.05, 3.63) is 76.1 Å². The predicted octanol–water partition coefficient (Wildman–Crippen LogP) is 3.76. The summed E-state index contributed by atoms with van der Waals surface area (Å²) in [6.07, 6.45) is 3.25. The zero-order valence-electron chi connectivity index (χ0n) is 17.7. The third-order valence-corrected chi connectivity index (χ3v) is 5.11. The number of nitrogens with zero attached hydrogens (tertiary/aromatic N) is 1. The molecule has 32 heavy (non-hydrogen) atoms. The maximum atomic E-state index is 11.3. The van der Waals surface area contributed by atoms with Crippen molar-refractivity contribution < 1.29 is 23.8 Å². The Morgan fingerprint density at radius 2 is 1.97 bits per heavy atom. The lowest BCUT2D eigenvalue weighted by molar-refractivity contribution is -0.167. The second-order valence-corrected chi connectivity index (χ2v) is 7.80. The van der Waals surface area contributed by atoms with E-state index in [-0.39, 0.29) is 18.7 Å². The molecular formula is C23H24N2O6S. The summed E-state index contributed by atoms with van der Waals surface area (Å²) in [5, 5.41) is 10.2. The van der Waals surface area contributed by atoms with Crippen molar-refractivity contribution in [2.24, 2.45) is 4.99 Å². The quantitative estimate of drug-likeness (QED) is 0.227. The minimum atomic E-state index is -1.85. The summed E-state index contributed by atoms with van der Waals surface area (Å²) in [5.41, 5.74) is 6.25. The van der Waals surface area contributed by atoms with Gasteiger partial charge in [-0.3, -0.25) is 0 Å². The number of aryl methyl sites for hydroxylation is 1. The maximum absolute atomic E-state index is 11.3. The summed E-state index contributed by atoms with van der Waals surface area (Å²) >= 11 is 1.46. The number of fused-ring (bicyclic) bond motifs is 1. The number of thioether (sulfide) groups is 1. The number of anilines is 1. The minimum Gasteiger partial charge on any atom is -0.478 e. The van der Waals surface area contributed by atoms with Crippen molar-refractivity contribution in [1.82, 2.24) is 0 Å². The Morgan fingerprint density at radius 3 is 2.59 bits per heavy atom. The summed E-state index contributed by atoms with van der Waals surface area (Å²) in [6.45, 7) is 1.95. The first-order valence-electron chi connectivity index (χ1n) is 9.60. The number of rotatable bonds is 8. The van der Waals surface area contributed by atoms with Crippen LogP contribution in [0.4, 0.5) is 5.69 Å². The molecule has 1 aromatic heterocycles. The van der Waals surface area contributed by atoms with Crippen LogP contribution in [0.15, 0.2) is 68.8 Å². The summed E-state index contributed by atoms with van der Waals surface area (Å²) in [5.74, 6) is -0.757. The number of isocyanates is 1. The fourth-order valence-corrected chi connectivity index (χ4v) is 3.29. The van der Waals surface area contributed by atoms with Crippen LogP contribution in [0, 0.1) is 6.92 Å². The van der Waals surface area contributed by atoms with Gasteiger partial charge >= 0.3 is 11.6 Å². The zero-order valence-corrected chi connectivity index (χ0v) is 18.6. The number of carboxylic acid groups (broad SMARTS) is 1. The van der Waals surface area contributed by atoms with E-state index in [2.05, 4.69) is 4.99 Å². The first-order valence-corrected chi connectivity index (χ1v) is 11.0. The molecule has 0 radical (unpaired) electrons. The van der Waals surface area contributed by atoms with Gasteiger partial charge in [-0.2, -0.15) is 16.8 Å². The number of benzene rings is 2. The number of carbonyl (C=O) groups excluding carboxylic acids is 1. The number of aliphatic carboxylic acids is 1. The lowest BCUT2D eigenvalue weighted by Crippen LogP contribution is -2.40. The number of nitrogen functional groups attached to an aromatic ring is 1. The van der Waals surface area contributed by atoms with E-state index in [9.17, 15) is 19.5 Å². The summed E-state index contributed by atoms with van der Waals surface area (Å²) < 4.78 is 10.4. The highest BCUT2D eigenvalue weighted by atomic mass is 32.2. The maximum Gasteiger partial charge on any atom is 0.360 e. The zero-order chi connectivity index (χ0) is 23.6. The van der Waals surface area contributed by atoms with Crippen LogP contribution in [0.1, 0.15) is 17.5 Å². The van der Waals surface area contributed by atoms with E-state index in [0.717, 1.165) is 16.5 Å². The van der Waals surface area contributed by atoms with Crippen molar-refractivity contribution >= 4 is 40.5 Å². The van der Waals surface area contributed by atoms with E-state index in [0.29, 0.717) is 17.0 Å². The van der Waals surface area contributed by atoms with Crippen LogP contribution >= 0.6 is 11.8 Å². The predicted molar refractivity (Wildman–Crippen MR) is 124 cm³/mol. The number of hydrogen-bond acceptors (Lipinski definition) is 8. The molecule has 0 bridgehead atoms. The standard InChI is InChI=1S/C13H15NO4S.C10H9NO2/c1-19-8-7-13(12(16)17,14-10-15)18-9-11-5-3-2-4-6-11;1-6-4-10(12)13-9-5-7(11)2-3-8(6)9/h2-6H,7-9H2,1H3,(H,16,17);2-5H,11H2,1H3/t13-;/m1./s1. The van der Waals surface area contributed by atoms with E-state index < -0.39 is 11.7 Å². The molecular weight excluding hydrogens is 432 g/mol. The third-order valence-electron chi connectivity index (χ3n) is 4.50. The van der Waals surface area contributed by atoms with Gasteiger partial charge in [0.05, 0.1) is 6.61 Å². The second kappa shape index (κ2) is 11.9. The minimum absolute atomic E-state index is 0.0761. The molecule has 0 aliphatic rings. The molecule has 1 atom stereocenters. The number of nitrogens with two attached hydrogens (primary N) is 1. The van der Waals surface area contributed by atoms with Crippen LogP contribution in [0.5, 0.6) is 0 Å². The molecule has 168 valence electrons. The van der Waals surface area contributed by atoms with Gasteiger partial charge in [0.25, 0.3) is 5.72 Å². The molecule has 0 aliphatic heterocycles. The molecule has 1 heterocycles. The van der Waals surface area contributed by atoms with Crippen molar-refractivity contribution in [2.45, 2.75) is 25.7 Å². The Morgan fingerprint density at radius 1 is 1.25 bits per heavy atom. The first-order chi connectivity index (χ1) is 15.3. The molecule has 3 rings (SSSR count). The SMILES string of the molecule is CSCC[C@@](N=C=O)(OCc1ccccc1)C(=O)O.Cc1cc(=O)oc2cc(N)ccc12. The van der Waals surface area contributed by atoms with Crippen LogP contribution in [-0.4, -0.2) is 34.9 Å². The average Bonchev–Trinajstić information content (AvgIpc) is 2.76. The molecule has 0 aliphatic carbocycles. The molecule has 3 N–H and O–H groups in total. The van der Waals surface area contributed by atoms with Crippen LogP contribution in [-0.2, 0) is 20.9 Å². The van der Waals surface area contributed by atoms with Gasteiger partial charge < -0.3 is 20.0 Å². The highest BCUT2D eigenvalue weighted by Crippen LogP contribution is 2.22. The molecule has 0 fully saturated rings. The molecule has 8 nitrogen and oxygen atoms in total. The molecule has 3 aromatic rings. The van der Waals surface area contributed by atoms with Crippen molar-refractivity contribution in [2.75, 3.05) is 17.7 Å². The Kier molecular flexibility index (Phi) is 9.22. The normalized spacial score (nSPS) is 12.2. The molecule has 0 saturated heterocycles. The van der Waals surface area contributed by atoms with E-state index in [1.807, 2.05) is 49.6 Å². The van der Waals surface area contributed by atoms with Gasteiger partial charge in [0.2, 0.25) is 6.08 Å². The smallest absolute Gasteiger partial charge is 0.360 e. The monoisotopic (exact) mass is 456 g/mol. The van der Waals surface area contributed by atoms with E-state index in [4.69, 9.17) is 14.9 Å². The largest absolute Gasteiger partial charge is 0.478 e. The van der Waals surface area contributed by atoms with Crippen molar-refractivity contribution in [3.8, 4) is 0 Å². The highest BCUT2D eigenvalue weighted by molar-refractivity contribution is 7.98. The van der Waals surface area contributed by atoms with Crippen LogP contribution < -0.4 is 11.4 Å². The van der Waals surface area contributed by atoms with Gasteiger partial charge in [0, 0.05) is 29.6 Å². The van der Waals surface area contributed by atoms with Crippen molar-refractivity contribution in [3.63, 3.8) is 0 Å². The van der Waals surface area contributed by atoms with Gasteiger partial charge in [-0.1, -0.05) is 30.3 Å². The fraction of sp³-hybridized carbons (Fsp3) is 0.261. The van der Waals surface area contributed by atoms with E-state index >= 15 is 0 Å². The molecule has 0 saturated carbocycles. The Labute approximate surface area is 189 Å². The number of ether oxygens (including phenoxy) is 1. The lowest BCUT2D eigenvalue weighted by atomic mass is 10.1. The van der Waals surface area contributed by atoms with Gasteiger partial charge in [-0.05, 0) is 42.2 Å². The fourth-order valence-electron chi connectivity index (χ4n) is 2.81. The molecule has 2 aromatic carbocycles. The van der Waals surface area contributed by atoms with E-state index in [1.54, 1.807) is 12.1 Å². The van der Waals surface area contributed by atoms with Crippen LogP contribution in [0.3, 0.4) is 0 Å². The topological polar surface area (TPSA) is 132 Å². The molecule has 0 spiro atoms. The number of carboxylic acids is 1. The highest BCUT2D eigenvalue weighted by Gasteiger charge is 2.39. The first kappa shape index (κ1) is 24.9. The van der Waals surface area contributed by atoms with Crippen LogP contribution in [0.2, 0.25) is 0 Å². The van der Waals surface area contributed by atoms with Crippen LogP contribution in [0.25, 0.3) is 11.0 Å². The Balaban J connectivity index is 0.000000242. The van der Waals surface area contributed by atoms with Gasteiger partial charge in [-0.15, -0.1) is 0 Å². The molecule has 0 amide bonds. The molecule has 0 unspecified atom stereocenters. The van der Waals surface area contributed by atoms with E-state index in [1.165, 1.54) is 23.9 Å². The second-order valence-electron chi connectivity index (χ2n) is 6.81. The Hall–Kier alpha value is -3.39. The summed E-state index contributed by atoms with van der Waals surface area (Å²) in [6, 6.07) is 15.9. The summed E-state index contributed by atoms with van der Waals surface area (Å²) in [4.78, 5) is 36.2. The number of aliphatic imine (C=N–C) groups is 1. The third kappa shape index (κ3) is 6.81. The van der Waals surface area contributed by atoms with Crippen molar-refractivity contribution in [1.29, 1.82) is 0 Å². The van der Waals surface area contributed by atoms with Gasteiger partial charge in [-0.25, -0.2) is 14.4 Å². The van der Waals surface area contributed by atoms with Gasteiger partial charge in [0.15, 0.2) is 0 Å². The Bertz CT molecular complexity index is 1150. The lowest BCUT2D eigenvalue weighted by Gasteiger charge is -2.23. The number of carbonyl (C=O) groups is 1. The van der Waals surface area contributed by atoms with Gasteiger partial charge in [0.1, 0.15) is 5.58 Å². The summed E-state index contributed by atoms with van der Waals surface area (Å²) in [7, 11) is 0.